The van der Waals surface area contributed by atoms with E-state index in [1.165, 1.54) is 0 Å². The zero-order valence-electron chi connectivity index (χ0n) is 18.7. The lowest BCUT2D eigenvalue weighted by Gasteiger charge is -2.28. The summed E-state index contributed by atoms with van der Waals surface area (Å²) in [5, 5.41) is 15.8. The molecule has 0 aromatic rings. The topological polar surface area (TPSA) is 86.2 Å². The number of alkyl carbamates (subject to hydrolysis) is 1. The molecule has 0 radical (unpaired) electrons. The summed E-state index contributed by atoms with van der Waals surface area (Å²) in [5.41, 5.74) is -0.501. The number of aliphatic hydroxyl groups is 1. The summed E-state index contributed by atoms with van der Waals surface area (Å²) in [6, 6.07) is 0.0254. The maximum absolute atomic E-state index is 12.1. The van der Waals surface area contributed by atoms with Crippen LogP contribution in [0.15, 0.2) is 4.99 Å². The first-order valence-electron chi connectivity index (χ1n) is 10.1. The van der Waals surface area contributed by atoms with E-state index in [1.807, 2.05) is 34.7 Å². The summed E-state index contributed by atoms with van der Waals surface area (Å²) in [6.45, 7) is 14.2. The van der Waals surface area contributed by atoms with Crippen molar-refractivity contribution in [3.8, 4) is 0 Å². The molecule has 0 saturated heterocycles. The molecule has 0 aromatic carbocycles. The smallest absolute Gasteiger partial charge is 0.407 e. The third kappa shape index (κ3) is 10.1. The number of halogens is 1. The second kappa shape index (κ2) is 12.0. The molecule has 28 heavy (non-hydrogen) atoms. The minimum atomic E-state index is -0.501. The molecular weight excluding hydrogens is 471 g/mol. The van der Waals surface area contributed by atoms with Gasteiger partial charge in [0.2, 0.25) is 0 Å². The van der Waals surface area contributed by atoms with Crippen LogP contribution in [0.3, 0.4) is 0 Å². The molecule has 1 unspecified atom stereocenters. The highest BCUT2D eigenvalue weighted by atomic mass is 127. The van der Waals surface area contributed by atoms with Crippen LogP contribution in [0, 0.1) is 11.3 Å². The van der Waals surface area contributed by atoms with Gasteiger partial charge in [0.05, 0.1) is 13.2 Å². The number of amides is 1. The van der Waals surface area contributed by atoms with E-state index in [4.69, 9.17) is 9.73 Å². The molecule has 8 heteroatoms. The van der Waals surface area contributed by atoms with Gasteiger partial charge in [0.15, 0.2) is 5.96 Å². The largest absolute Gasteiger partial charge is 0.444 e. The fraction of sp³-hybridized carbons (Fsp3) is 0.900. The molecule has 1 aliphatic rings. The maximum Gasteiger partial charge on any atom is 0.407 e. The van der Waals surface area contributed by atoms with E-state index in [-0.39, 0.29) is 48.1 Å². The summed E-state index contributed by atoms with van der Waals surface area (Å²) in [5.74, 6) is 1.14. The van der Waals surface area contributed by atoms with Crippen molar-refractivity contribution in [2.45, 2.75) is 72.4 Å². The third-order valence-corrected chi connectivity index (χ3v) is 4.84. The first-order chi connectivity index (χ1) is 12.5. The lowest BCUT2D eigenvalue weighted by molar-refractivity contribution is 0.0486. The quantitative estimate of drug-likeness (QED) is 0.251. The van der Waals surface area contributed by atoms with Gasteiger partial charge in [0.1, 0.15) is 5.60 Å². The van der Waals surface area contributed by atoms with E-state index in [9.17, 15) is 9.90 Å². The minimum absolute atomic E-state index is 0. The summed E-state index contributed by atoms with van der Waals surface area (Å²) in [4.78, 5) is 18.9. The predicted molar refractivity (Wildman–Crippen MR) is 125 cm³/mol. The molecule has 0 heterocycles. The first-order valence-corrected chi connectivity index (χ1v) is 10.1. The van der Waals surface area contributed by atoms with Crippen molar-refractivity contribution in [3.63, 3.8) is 0 Å². The van der Waals surface area contributed by atoms with Crippen LogP contribution in [0.2, 0.25) is 0 Å². The fourth-order valence-electron chi connectivity index (χ4n) is 2.73. The molecule has 0 bridgehead atoms. The lowest BCUT2D eigenvalue weighted by atomic mass is 10.0. The predicted octanol–water partition coefficient (Wildman–Crippen LogP) is 3.21. The van der Waals surface area contributed by atoms with Gasteiger partial charge in [-0.3, -0.25) is 4.99 Å². The van der Waals surface area contributed by atoms with Gasteiger partial charge < -0.3 is 25.4 Å². The van der Waals surface area contributed by atoms with Gasteiger partial charge in [0.25, 0.3) is 0 Å². The zero-order valence-corrected chi connectivity index (χ0v) is 21.0. The standard InChI is InChI=1S/C20H40N4O3.HI/c1-8-21-17(22-13-20(14-25)10-11-20)24(7)12-9-16(15(2)3)23-18(26)27-19(4,5)6;/h15-16,25H,8-14H2,1-7H3,(H,21,22)(H,23,26);1H. The summed E-state index contributed by atoms with van der Waals surface area (Å²) in [6.07, 6.45) is 2.52. The fourth-order valence-corrected chi connectivity index (χ4v) is 2.73. The molecule has 1 amide bonds. The molecule has 1 fully saturated rings. The van der Waals surface area contributed by atoms with E-state index in [0.717, 1.165) is 38.3 Å². The van der Waals surface area contributed by atoms with Crippen LogP contribution in [0.1, 0.15) is 60.8 Å². The molecule has 1 aliphatic carbocycles. The average molecular weight is 512 g/mol. The molecule has 1 atom stereocenters. The SMILES string of the molecule is CCNC(=NCC1(CO)CC1)N(C)CCC(NC(=O)OC(C)(C)C)C(C)C.I. The van der Waals surface area contributed by atoms with Crippen molar-refractivity contribution in [1.29, 1.82) is 0 Å². The summed E-state index contributed by atoms with van der Waals surface area (Å²) < 4.78 is 5.38. The Morgan fingerprint density at radius 1 is 1.32 bits per heavy atom. The van der Waals surface area contributed by atoms with E-state index in [0.29, 0.717) is 12.5 Å². The Balaban J connectivity index is 0.00000729. The Hall–Kier alpha value is -0.770. The Kier molecular flexibility index (Phi) is 11.7. The highest BCUT2D eigenvalue weighted by molar-refractivity contribution is 14.0. The minimum Gasteiger partial charge on any atom is -0.444 e. The van der Waals surface area contributed by atoms with Crippen molar-refractivity contribution >= 4 is 36.0 Å². The molecule has 0 aliphatic heterocycles. The molecule has 3 N–H and O–H groups in total. The number of nitrogens with zero attached hydrogens (tertiary/aromatic N) is 2. The number of rotatable bonds is 9. The van der Waals surface area contributed by atoms with Gasteiger partial charge in [-0.1, -0.05) is 13.8 Å². The number of hydrogen-bond acceptors (Lipinski definition) is 4. The second-order valence-corrected chi connectivity index (χ2v) is 9.04. The molecule has 1 rings (SSSR count). The van der Waals surface area contributed by atoms with Crippen molar-refractivity contribution in [1.82, 2.24) is 15.5 Å². The van der Waals surface area contributed by atoms with Gasteiger partial charge in [-0.25, -0.2) is 4.79 Å². The van der Waals surface area contributed by atoms with Crippen molar-refractivity contribution in [3.05, 3.63) is 0 Å². The summed E-state index contributed by atoms with van der Waals surface area (Å²) >= 11 is 0. The van der Waals surface area contributed by atoms with E-state index in [2.05, 4.69) is 29.4 Å². The number of guanidine groups is 1. The Labute approximate surface area is 188 Å². The number of carbonyl (C=O) groups is 1. The third-order valence-electron chi connectivity index (χ3n) is 4.84. The number of nitrogens with one attached hydrogen (secondary N) is 2. The van der Waals surface area contributed by atoms with Crippen LogP contribution in [0.25, 0.3) is 0 Å². The Morgan fingerprint density at radius 3 is 2.36 bits per heavy atom. The van der Waals surface area contributed by atoms with Gasteiger partial charge in [-0.15, -0.1) is 24.0 Å². The van der Waals surface area contributed by atoms with Crippen LogP contribution < -0.4 is 10.6 Å². The van der Waals surface area contributed by atoms with Crippen molar-refractivity contribution in [2.24, 2.45) is 16.3 Å². The van der Waals surface area contributed by atoms with E-state index >= 15 is 0 Å². The van der Waals surface area contributed by atoms with Gasteiger partial charge in [-0.05, 0) is 52.9 Å². The van der Waals surface area contributed by atoms with Gasteiger partial charge >= 0.3 is 6.09 Å². The molecule has 0 aromatic heterocycles. The highest BCUT2D eigenvalue weighted by Gasteiger charge is 2.41. The Morgan fingerprint density at radius 2 is 1.93 bits per heavy atom. The first kappa shape index (κ1) is 27.2. The van der Waals surface area contributed by atoms with Crippen LogP contribution in [0.4, 0.5) is 4.79 Å². The molecular formula is C20H41IN4O3. The lowest BCUT2D eigenvalue weighted by Crippen LogP contribution is -2.45. The van der Waals surface area contributed by atoms with Crippen molar-refractivity contribution < 1.29 is 14.6 Å². The number of ether oxygens (including phenoxy) is 1. The number of hydrogen-bond donors (Lipinski definition) is 3. The normalized spacial score (nSPS) is 16.8. The number of carbonyl (C=O) groups excluding carboxylic acids is 1. The molecule has 0 spiro atoms. The zero-order chi connectivity index (χ0) is 20.7. The Bertz CT molecular complexity index is 502. The van der Waals surface area contributed by atoms with Gasteiger partial charge in [0, 0.05) is 31.6 Å². The van der Waals surface area contributed by atoms with Crippen LogP contribution in [-0.4, -0.2) is 67.0 Å². The second-order valence-electron chi connectivity index (χ2n) is 9.04. The van der Waals surface area contributed by atoms with Gasteiger partial charge in [-0.2, -0.15) is 0 Å². The molecule has 7 nitrogen and oxygen atoms in total. The highest BCUT2D eigenvalue weighted by Crippen LogP contribution is 2.45. The summed E-state index contributed by atoms with van der Waals surface area (Å²) in [7, 11) is 2.00. The number of aliphatic hydroxyl groups excluding tert-OH is 1. The average Bonchev–Trinajstić information content (AvgIpc) is 3.33. The van der Waals surface area contributed by atoms with Crippen LogP contribution >= 0.6 is 24.0 Å². The molecule has 166 valence electrons. The van der Waals surface area contributed by atoms with E-state index in [1.54, 1.807) is 0 Å². The van der Waals surface area contributed by atoms with Crippen LogP contribution in [0.5, 0.6) is 0 Å². The van der Waals surface area contributed by atoms with Crippen molar-refractivity contribution in [2.75, 3.05) is 33.3 Å². The monoisotopic (exact) mass is 512 g/mol. The van der Waals surface area contributed by atoms with Crippen LogP contribution in [-0.2, 0) is 4.74 Å². The number of aliphatic imine (C=N–C) groups is 1. The molecule has 1 saturated carbocycles. The maximum atomic E-state index is 12.1. The van der Waals surface area contributed by atoms with E-state index < -0.39 is 5.60 Å².